The van der Waals surface area contributed by atoms with Crippen LogP contribution in [0.5, 0.6) is 0 Å². The summed E-state index contributed by atoms with van der Waals surface area (Å²) in [7, 11) is 0. The normalized spacial score (nSPS) is 10.9. The van der Waals surface area contributed by atoms with Crippen LogP contribution in [0.15, 0.2) is 35.6 Å². The summed E-state index contributed by atoms with van der Waals surface area (Å²) in [6.45, 7) is 1.86. The van der Waals surface area contributed by atoms with Gasteiger partial charge in [-0.15, -0.1) is 0 Å². The van der Waals surface area contributed by atoms with Crippen LogP contribution in [0.4, 0.5) is 15.9 Å². The van der Waals surface area contributed by atoms with Gasteiger partial charge in [0.05, 0.1) is 18.5 Å². The predicted octanol–water partition coefficient (Wildman–Crippen LogP) is 3.22. The first-order valence-corrected chi connectivity index (χ1v) is 7.63. The van der Waals surface area contributed by atoms with E-state index in [0.29, 0.717) is 11.4 Å². The molecule has 0 saturated heterocycles. The molecule has 0 saturated carbocycles. The van der Waals surface area contributed by atoms with Crippen molar-refractivity contribution >= 4 is 40.3 Å². The van der Waals surface area contributed by atoms with E-state index in [9.17, 15) is 4.39 Å². The number of pyridine rings is 1. The molecule has 5 nitrogen and oxygen atoms in total. The summed E-state index contributed by atoms with van der Waals surface area (Å²) in [4.78, 5) is 9.09. The van der Waals surface area contributed by atoms with Crippen molar-refractivity contribution in [2.75, 3.05) is 18.5 Å². The van der Waals surface area contributed by atoms with Crippen LogP contribution in [-0.4, -0.2) is 29.5 Å². The Balaban J connectivity index is 2.27. The number of para-hydroxylation sites is 1. The second-order valence-corrected chi connectivity index (χ2v) is 5.69. The minimum atomic E-state index is -0.411. The second-order valence-electron chi connectivity index (χ2n) is 4.44. The molecule has 116 valence electrons. The average Bonchev–Trinajstić information content (AvgIpc) is 2.49. The van der Waals surface area contributed by atoms with Gasteiger partial charge in [-0.2, -0.15) is 0 Å². The van der Waals surface area contributed by atoms with Crippen molar-refractivity contribution in [3.05, 3.63) is 51.0 Å². The van der Waals surface area contributed by atoms with Crippen LogP contribution in [0.1, 0.15) is 11.1 Å². The van der Waals surface area contributed by atoms with Crippen LogP contribution < -0.4 is 5.32 Å². The van der Waals surface area contributed by atoms with Gasteiger partial charge < -0.3 is 15.3 Å². The first-order valence-electron chi connectivity index (χ1n) is 6.55. The molecule has 0 radical (unpaired) electrons. The van der Waals surface area contributed by atoms with Gasteiger partial charge in [0.1, 0.15) is 18.2 Å². The van der Waals surface area contributed by atoms with Gasteiger partial charge in [0.15, 0.2) is 0 Å². The summed E-state index contributed by atoms with van der Waals surface area (Å²) in [5, 5.41) is 15.3. The molecule has 0 aliphatic carbocycles. The van der Waals surface area contributed by atoms with E-state index in [2.05, 4.69) is 38.0 Å². The molecule has 0 amide bonds. The third-order valence-electron chi connectivity index (χ3n) is 2.78. The van der Waals surface area contributed by atoms with E-state index in [0.717, 1.165) is 9.13 Å². The lowest BCUT2D eigenvalue weighted by molar-refractivity contribution is 0.0997. The number of aliphatic hydroxyl groups is 1. The van der Waals surface area contributed by atoms with Gasteiger partial charge in [-0.1, -0.05) is 17.3 Å². The molecule has 0 unspecified atom stereocenters. The SMILES string of the molecule is Cc1cc(I)cnc1Nc1c(F)cccc1C=NOCCO. The summed E-state index contributed by atoms with van der Waals surface area (Å²) in [5.41, 5.74) is 1.71. The molecule has 2 rings (SSSR count). The number of hydrogen-bond donors (Lipinski definition) is 2. The number of rotatable bonds is 6. The van der Waals surface area contributed by atoms with Crippen molar-refractivity contribution in [1.82, 2.24) is 4.98 Å². The van der Waals surface area contributed by atoms with E-state index >= 15 is 0 Å². The number of halogens is 2. The molecule has 0 atom stereocenters. The van der Waals surface area contributed by atoms with Gasteiger partial charge in [-0.05, 0) is 47.2 Å². The Morgan fingerprint density at radius 3 is 3.05 bits per heavy atom. The van der Waals surface area contributed by atoms with Gasteiger partial charge in [-0.3, -0.25) is 0 Å². The van der Waals surface area contributed by atoms with Crippen LogP contribution in [0.2, 0.25) is 0 Å². The van der Waals surface area contributed by atoms with Crippen molar-refractivity contribution < 1.29 is 14.3 Å². The molecule has 0 spiro atoms. The first kappa shape index (κ1) is 16.6. The molecule has 2 N–H and O–H groups in total. The Morgan fingerprint density at radius 2 is 2.32 bits per heavy atom. The number of oxime groups is 1. The summed E-state index contributed by atoms with van der Waals surface area (Å²) < 4.78 is 15.1. The average molecular weight is 415 g/mol. The summed E-state index contributed by atoms with van der Waals surface area (Å²) in [6.07, 6.45) is 3.10. The molecule has 1 aromatic carbocycles. The fraction of sp³-hybridized carbons (Fsp3) is 0.200. The monoisotopic (exact) mass is 415 g/mol. The molecule has 0 aliphatic rings. The maximum Gasteiger partial charge on any atom is 0.147 e. The number of hydrogen-bond acceptors (Lipinski definition) is 5. The number of benzene rings is 1. The third kappa shape index (κ3) is 4.38. The summed E-state index contributed by atoms with van der Waals surface area (Å²) in [6, 6.07) is 6.60. The Hall–Kier alpha value is -1.74. The predicted molar refractivity (Wildman–Crippen MR) is 92.0 cm³/mol. The molecule has 1 heterocycles. The van der Waals surface area contributed by atoms with Gasteiger partial charge in [-0.25, -0.2) is 9.37 Å². The van der Waals surface area contributed by atoms with E-state index in [1.807, 2.05) is 13.0 Å². The highest BCUT2D eigenvalue weighted by molar-refractivity contribution is 14.1. The van der Waals surface area contributed by atoms with E-state index < -0.39 is 5.82 Å². The standard InChI is InChI=1S/C15H15FIN3O2/c1-10-7-12(17)9-18-15(10)20-14-11(3-2-4-13(14)16)8-19-22-6-5-21/h2-4,7-9,21H,5-6H2,1H3,(H,18,20). The lowest BCUT2D eigenvalue weighted by Crippen LogP contribution is -2.03. The smallest absolute Gasteiger partial charge is 0.147 e. The number of aromatic nitrogens is 1. The highest BCUT2D eigenvalue weighted by Crippen LogP contribution is 2.24. The second kappa shape index (κ2) is 8.04. The van der Waals surface area contributed by atoms with Crippen molar-refractivity contribution in [2.45, 2.75) is 6.92 Å². The Morgan fingerprint density at radius 1 is 1.50 bits per heavy atom. The van der Waals surface area contributed by atoms with Crippen molar-refractivity contribution in [3.8, 4) is 0 Å². The highest BCUT2D eigenvalue weighted by atomic mass is 127. The number of aliphatic hydroxyl groups excluding tert-OH is 1. The fourth-order valence-corrected chi connectivity index (χ4v) is 2.36. The van der Waals surface area contributed by atoms with Gasteiger partial charge in [0.25, 0.3) is 0 Å². The fourth-order valence-electron chi connectivity index (χ4n) is 1.76. The topological polar surface area (TPSA) is 66.7 Å². The molecule has 22 heavy (non-hydrogen) atoms. The number of nitrogens with one attached hydrogen (secondary N) is 1. The van der Waals surface area contributed by atoms with Crippen LogP contribution >= 0.6 is 22.6 Å². The number of anilines is 2. The molecule has 0 fully saturated rings. The van der Waals surface area contributed by atoms with Crippen LogP contribution in [-0.2, 0) is 4.84 Å². The van der Waals surface area contributed by atoms with Crippen molar-refractivity contribution in [3.63, 3.8) is 0 Å². The largest absolute Gasteiger partial charge is 0.393 e. The highest BCUT2D eigenvalue weighted by Gasteiger charge is 2.10. The third-order valence-corrected chi connectivity index (χ3v) is 3.37. The molecule has 0 aliphatic heterocycles. The molecular formula is C15H15FIN3O2. The Kier molecular flexibility index (Phi) is 6.08. The quantitative estimate of drug-likeness (QED) is 0.329. The van der Waals surface area contributed by atoms with Crippen molar-refractivity contribution in [1.29, 1.82) is 0 Å². The summed E-state index contributed by atoms with van der Waals surface area (Å²) >= 11 is 2.17. The molecule has 1 aromatic heterocycles. The van der Waals surface area contributed by atoms with E-state index in [-0.39, 0.29) is 18.9 Å². The molecule has 2 aromatic rings. The van der Waals surface area contributed by atoms with E-state index in [1.165, 1.54) is 12.3 Å². The molecule has 0 bridgehead atoms. The molecular weight excluding hydrogens is 400 g/mol. The lowest BCUT2D eigenvalue weighted by Gasteiger charge is -2.12. The molecule has 7 heteroatoms. The van der Waals surface area contributed by atoms with Crippen molar-refractivity contribution in [2.24, 2.45) is 5.16 Å². The van der Waals surface area contributed by atoms with Gasteiger partial charge >= 0.3 is 0 Å². The van der Waals surface area contributed by atoms with Gasteiger partial charge in [0, 0.05) is 15.3 Å². The minimum Gasteiger partial charge on any atom is -0.393 e. The minimum absolute atomic E-state index is 0.0896. The number of nitrogens with zero attached hydrogens (tertiary/aromatic N) is 2. The number of aryl methyl sites for hydroxylation is 1. The lowest BCUT2D eigenvalue weighted by atomic mass is 10.1. The van der Waals surface area contributed by atoms with E-state index in [4.69, 9.17) is 9.94 Å². The maximum atomic E-state index is 14.1. The van der Waals surface area contributed by atoms with Crippen LogP contribution in [0.3, 0.4) is 0 Å². The zero-order valence-electron chi connectivity index (χ0n) is 11.9. The Labute approximate surface area is 141 Å². The zero-order chi connectivity index (χ0) is 15.9. The summed E-state index contributed by atoms with van der Waals surface area (Å²) in [5.74, 6) is 0.169. The van der Waals surface area contributed by atoms with Crippen LogP contribution in [0.25, 0.3) is 0 Å². The first-order chi connectivity index (χ1) is 10.6. The van der Waals surface area contributed by atoms with E-state index in [1.54, 1.807) is 18.3 Å². The Bertz CT molecular complexity index is 680. The maximum absolute atomic E-state index is 14.1. The van der Waals surface area contributed by atoms with Gasteiger partial charge in [0.2, 0.25) is 0 Å². The van der Waals surface area contributed by atoms with Crippen LogP contribution in [0, 0.1) is 16.3 Å². The zero-order valence-corrected chi connectivity index (χ0v) is 14.0.